The Labute approximate surface area is 115 Å². The van der Waals surface area contributed by atoms with E-state index < -0.39 is 0 Å². The van der Waals surface area contributed by atoms with Gasteiger partial charge in [0.25, 0.3) is 0 Å². The van der Waals surface area contributed by atoms with Gasteiger partial charge in [-0.2, -0.15) is 0 Å². The van der Waals surface area contributed by atoms with Crippen molar-refractivity contribution in [2.24, 2.45) is 5.73 Å². The molecule has 1 aromatic rings. The molecule has 1 saturated heterocycles. The molecule has 0 amide bonds. The summed E-state index contributed by atoms with van der Waals surface area (Å²) in [5.41, 5.74) is 8.74. The molecule has 1 heterocycles. The second-order valence-electron chi connectivity index (χ2n) is 6.02. The number of benzene rings is 1. The SMILES string of the molecule is CC(N)Cc1ccc(Cl)cc1N1CCCC1(C)C. The van der Waals surface area contributed by atoms with Crippen LogP contribution in [0.4, 0.5) is 5.69 Å². The summed E-state index contributed by atoms with van der Waals surface area (Å²) >= 11 is 6.17. The topological polar surface area (TPSA) is 29.3 Å². The van der Waals surface area contributed by atoms with Gasteiger partial charge < -0.3 is 10.6 Å². The standard InChI is InChI=1S/C15H23ClN2/c1-11(17)9-12-5-6-13(16)10-14(12)18-8-4-7-15(18,2)3/h5-6,10-11H,4,7-9,17H2,1-3H3. The Morgan fingerprint density at radius 3 is 2.72 bits per heavy atom. The summed E-state index contributed by atoms with van der Waals surface area (Å²) < 4.78 is 0. The van der Waals surface area contributed by atoms with E-state index in [9.17, 15) is 0 Å². The molecule has 0 radical (unpaired) electrons. The minimum absolute atomic E-state index is 0.177. The van der Waals surface area contributed by atoms with Crippen LogP contribution < -0.4 is 10.6 Å². The molecule has 0 spiro atoms. The molecular weight excluding hydrogens is 244 g/mol. The lowest BCUT2D eigenvalue weighted by molar-refractivity contribution is 0.516. The highest BCUT2D eigenvalue weighted by atomic mass is 35.5. The first kappa shape index (κ1) is 13.7. The molecule has 0 aromatic heterocycles. The second kappa shape index (κ2) is 5.10. The quantitative estimate of drug-likeness (QED) is 0.906. The van der Waals surface area contributed by atoms with Crippen molar-refractivity contribution >= 4 is 17.3 Å². The maximum Gasteiger partial charge on any atom is 0.0426 e. The Hall–Kier alpha value is -0.730. The summed E-state index contributed by atoms with van der Waals surface area (Å²) in [5.74, 6) is 0. The number of anilines is 1. The van der Waals surface area contributed by atoms with E-state index in [1.807, 2.05) is 13.0 Å². The maximum absolute atomic E-state index is 6.17. The van der Waals surface area contributed by atoms with Crippen LogP contribution in [0.1, 0.15) is 39.2 Å². The molecule has 1 fully saturated rings. The van der Waals surface area contributed by atoms with Crippen molar-refractivity contribution in [3.8, 4) is 0 Å². The van der Waals surface area contributed by atoms with Crippen molar-refractivity contribution in [1.82, 2.24) is 0 Å². The first-order valence-corrected chi connectivity index (χ1v) is 7.09. The Balaban J connectivity index is 2.38. The van der Waals surface area contributed by atoms with E-state index in [0.717, 1.165) is 18.0 Å². The number of nitrogens with two attached hydrogens (primary N) is 1. The van der Waals surface area contributed by atoms with Gasteiger partial charge in [-0.1, -0.05) is 17.7 Å². The van der Waals surface area contributed by atoms with E-state index in [1.54, 1.807) is 0 Å². The minimum atomic E-state index is 0.177. The van der Waals surface area contributed by atoms with Gasteiger partial charge in [0, 0.05) is 28.8 Å². The summed E-state index contributed by atoms with van der Waals surface area (Å²) in [7, 11) is 0. The average Bonchev–Trinajstić information content (AvgIpc) is 2.60. The second-order valence-corrected chi connectivity index (χ2v) is 6.46. The van der Waals surface area contributed by atoms with Gasteiger partial charge in [-0.25, -0.2) is 0 Å². The Morgan fingerprint density at radius 1 is 1.44 bits per heavy atom. The van der Waals surface area contributed by atoms with Gasteiger partial charge in [-0.3, -0.25) is 0 Å². The van der Waals surface area contributed by atoms with Crippen molar-refractivity contribution in [2.75, 3.05) is 11.4 Å². The Kier molecular flexibility index (Phi) is 3.88. The normalized spacial score (nSPS) is 20.2. The maximum atomic E-state index is 6.17. The minimum Gasteiger partial charge on any atom is -0.366 e. The van der Waals surface area contributed by atoms with Crippen LogP contribution in [0, 0.1) is 0 Å². The number of halogens is 1. The van der Waals surface area contributed by atoms with E-state index >= 15 is 0 Å². The lowest BCUT2D eigenvalue weighted by atomic mass is 9.99. The molecule has 1 atom stereocenters. The first-order valence-electron chi connectivity index (χ1n) is 6.72. The van der Waals surface area contributed by atoms with Crippen LogP contribution >= 0.6 is 11.6 Å². The molecule has 1 unspecified atom stereocenters. The Bertz CT molecular complexity index is 427. The molecule has 1 aliphatic rings. The van der Waals surface area contributed by atoms with Crippen LogP contribution in [0.3, 0.4) is 0 Å². The van der Waals surface area contributed by atoms with Gasteiger partial charge in [0.05, 0.1) is 0 Å². The zero-order chi connectivity index (χ0) is 13.3. The third-order valence-corrected chi connectivity index (χ3v) is 4.02. The van der Waals surface area contributed by atoms with Crippen molar-refractivity contribution in [1.29, 1.82) is 0 Å². The van der Waals surface area contributed by atoms with E-state index in [2.05, 4.69) is 30.9 Å². The molecule has 100 valence electrons. The predicted octanol–water partition coefficient (Wildman–Crippen LogP) is 3.61. The first-order chi connectivity index (χ1) is 8.40. The third kappa shape index (κ3) is 2.81. The molecular formula is C15H23ClN2. The van der Waals surface area contributed by atoms with Crippen LogP contribution in [-0.4, -0.2) is 18.1 Å². The molecule has 0 bridgehead atoms. The van der Waals surface area contributed by atoms with E-state index in [-0.39, 0.29) is 11.6 Å². The van der Waals surface area contributed by atoms with Crippen LogP contribution in [0.5, 0.6) is 0 Å². The van der Waals surface area contributed by atoms with Gasteiger partial charge in [0.1, 0.15) is 0 Å². The fourth-order valence-corrected chi connectivity index (χ4v) is 3.03. The monoisotopic (exact) mass is 266 g/mol. The third-order valence-electron chi connectivity index (χ3n) is 3.78. The fourth-order valence-electron chi connectivity index (χ4n) is 2.86. The van der Waals surface area contributed by atoms with Crippen LogP contribution in [0.25, 0.3) is 0 Å². The highest BCUT2D eigenvalue weighted by molar-refractivity contribution is 6.30. The highest BCUT2D eigenvalue weighted by Gasteiger charge is 2.33. The van der Waals surface area contributed by atoms with Crippen molar-refractivity contribution in [3.63, 3.8) is 0 Å². The molecule has 1 aliphatic heterocycles. The number of rotatable bonds is 3. The van der Waals surface area contributed by atoms with Gasteiger partial charge in [0.15, 0.2) is 0 Å². The predicted molar refractivity (Wildman–Crippen MR) is 79.5 cm³/mol. The van der Waals surface area contributed by atoms with Gasteiger partial charge in [-0.15, -0.1) is 0 Å². The number of hydrogen-bond acceptors (Lipinski definition) is 2. The van der Waals surface area contributed by atoms with Gasteiger partial charge >= 0.3 is 0 Å². The molecule has 3 heteroatoms. The summed E-state index contributed by atoms with van der Waals surface area (Å²) in [6, 6.07) is 6.35. The van der Waals surface area contributed by atoms with Crippen LogP contribution in [0.15, 0.2) is 18.2 Å². The number of hydrogen-bond donors (Lipinski definition) is 1. The zero-order valence-electron chi connectivity index (χ0n) is 11.5. The molecule has 0 saturated carbocycles. The van der Waals surface area contributed by atoms with Gasteiger partial charge in [0.2, 0.25) is 0 Å². The smallest absolute Gasteiger partial charge is 0.0426 e. The summed E-state index contributed by atoms with van der Waals surface area (Å²) in [6.07, 6.45) is 3.38. The van der Waals surface area contributed by atoms with E-state index in [0.29, 0.717) is 0 Å². The molecule has 2 nitrogen and oxygen atoms in total. The zero-order valence-corrected chi connectivity index (χ0v) is 12.3. The van der Waals surface area contributed by atoms with Crippen LogP contribution in [-0.2, 0) is 6.42 Å². The lowest BCUT2D eigenvalue weighted by Crippen LogP contribution is -2.39. The van der Waals surface area contributed by atoms with Crippen molar-refractivity contribution < 1.29 is 0 Å². The molecule has 18 heavy (non-hydrogen) atoms. The molecule has 1 aromatic carbocycles. The largest absolute Gasteiger partial charge is 0.366 e. The summed E-state index contributed by atoms with van der Waals surface area (Å²) in [6.45, 7) is 7.76. The molecule has 0 aliphatic carbocycles. The highest BCUT2D eigenvalue weighted by Crippen LogP contribution is 2.37. The number of nitrogens with zero attached hydrogens (tertiary/aromatic N) is 1. The van der Waals surface area contributed by atoms with E-state index in [4.69, 9.17) is 17.3 Å². The van der Waals surface area contributed by atoms with E-state index in [1.165, 1.54) is 24.1 Å². The van der Waals surface area contributed by atoms with Crippen LogP contribution in [0.2, 0.25) is 5.02 Å². The molecule has 2 rings (SSSR count). The Morgan fingerprint density at radius 2 is 2.17 bits per heavy atom. The lowest BCUT2D eigenvalue weighted by Gasteiger charge is -2.35. The summed E-state index contributed by atoms with van der Waals surface area (Å²) in [5, 5.41) is 0.807. The molecule has 2 N–H and O–H groups in total. The van der Waals surface area contributed by atoms with Gasteiger partial charge in [-0.05, 0) is 57.7 Å². The fraction of sp³-hybridized carbons (Fsp3) is 0.600. The van der Waals surface area contributed by atoms with Crippen molar-refractivity contribution in [2.45, 2.75) is 51.6 Å². The van der Waals surface area contributed by atoms with Crippen molar-refractivity contribution in [3.05, 3.63) is 28.8 Å². The average molecular weight is 267 g/mol. The summed E-state index contributed by atoms with van der Waals surface area (Å²) in [4.78, 5) is 2.48.